The van der Waals surface area contributed by atoms with E-state index in [-0.39, 0.29) is 28.8 Å². The zero-order chi connectivity index (χ0) is 24.9. The Bertz CT molecular complexity index is 1210. The summed E-state index contributed by atoms with van der Waals surface area (Å²) in [6.07, 6.45) is 1.47. The van der Waals surface area contributed by atoms with Crippen molar-refractivity contribution in [1.82, 2.24) is 14.7 Å². The second-order valence-electron chi connectivity index (χ2n) is 8.81. The second-order valence-corrected chi connectivity index (χ2v) is 12.2. The molecule has 0 aromatic carbocycles. The summed E-state index contributed by atoms with van der Waals surface area (Å²) in [6.45, 7) is 2.60. The number of aromatic nitrogens is 2. The van der Waals surface area contributed by atoms with Gasteiger partial charge >= 0.3 is 6.61 Å². The van der Waals surface area contributed by atoms with Crippen molar-refractivity contribution in [1.29, 1.82) is 0 Å². The number of thiol groups is 1. The normalized spacial score (nSPS) is 25.9. The maximum absolute atomic E-state index is 15.0. The number of nitrogens with zero attached hydrogens (tertiary/aromatic N) is 3. The lowest BCUT2D eigenvalue weighted by molar-refractivity contribution is -0.0500. The van der Waals surface area contributed by atoms with Crippen LogP contribution in [0.15, 0.2) is 35.5 Å². The smallest absolute Gasteiger partial charge is 0.387 e. The average molecular weight is 499 g/mol. The van der Waals surface area contributed by atoms with Crippen LogP contribution < -0.4 is 20.5 Å². The molecule has 4 rings (SSSR count). The molecule has 0 aliphatic carbocycles. The van der Waals surface area contributed by atoms with Crippen LogP contribution in [0.1, 0.15) is 43.4 Å². The van der Waals surface area contributed by atoms with Crippen molar-refractivity contribution in [3.05, 3.63) is 47.7 Å². The maximum atomic E-state index is 15.0. The van der Waals surface area contributed by atoms with E-state index < -0.39 is 44.0 Å². The minimum atomic E-state index is -3.12. The molecule has 34 heavy (non-hydrogen) atoms. The van der Waals surface area contributed by atoms with E-state index >= 15 is 4.39 Å². The number of nitrogens with one attached hydrogen (secondary N) is 2. The first kappa shape index (κ1) is 24.1. The van der Waals surface area contributed by atoms with Crippen LogP contribution >= 0.6 is 0 Å². The molecule has 2 aromatic heterocycles. The van der Waals surface area contributed by atoms with Gasteiger partial charge in [-0.3, -0.25) is 18.7 Å². The van der Waals surface area contributed by atoms with Crippen LogP contribution in [-0.4, -0.2) is 49.1 Å². The van der Waals surface area contributed by atoms with Crippen molar-refractivity contribution in [2.24, 2.45) is 10.7 Å². The van der Waals surface area contributed by atoms with Gasteiger partial charge in [0.05, 0.1) is 16.2 Å². The minimum absolute atomic E-state index is 0.0109. The quantitative estimate of drug-likeness (QED) is 0.467. The van der Waals surface area contributed by atoms with E-state index in [0.717, 1.165) is 12.3 Å². The molecular formula is C21H25F3N6O3S. The third kappa shape index (κ3) is 3.82. The first-order valence-electron chi connectivity index (χ1n) is 10.5. The lowest BCUT2D eigenvalue weighted by Gasteiger charge is -2.50. The SMILES string of the molecule is CC1(C)C(N)=N[C@](C)(c2nc(NC(=O)c3ccc(OC(F)F)cn3)ccc2F)[C@H]2CCN[SH]21=O. The van der Waals surface area contributed by atoms with Crippen LogP contribution in [0, 0.1) is 5.82 Å². The number of anilines is 1. The largest absolute Gasteiger partial charge is 0.433 e. The fourth-order valence-electron chi connectivity index (χ4n) is 4.46. The predicted molar refractivity (Wildman–Crippen MR) is 122 cm³/mol. The Kier molecular flexibility index (Phi) is 5.88. The molecule has 0 radical (unpaired) electrons. The van der Waals surface area contributed by atoms with Gasteiger partial charge < -0.3 is 15.8 Å². The Morgan fingerprint density at radius 1 is 1.29 bits per heavy atom. The van der Waals surface area contributed by atoms with Crippen LogP contribution in [-0.2, 0) is 15.7 Å². The highest BCUT2D eigenvalue weighted by molar-refractivity contribution is 8.04. The number of pyridine rings is 2. The van der Waals surface area contributed by atoms with Gasteiger partial charge in [0, 0.05) is 6.54 Å². The van der Waals surface area contributed by atoms with Gasteiger partial charge in [0.1, 0.15) is 40.1 Å². The highest BCUT2D eigenvalue weighted by atomic mass is 32.3. The molecule has 2 atom stereocenters. The van der Waals surface area contributed by atoms with Crippen molar-refractivity contribution in [2.75, 3.05) is 11.9 Å². The molecule has 0 spiro atoms. The Balaban J connectivity index is 1.66. The molecule has 1 fully saturated rings. The maximum Gasteiger partial charge on any atom is 0.387 e. The molecule has 2 aliphatic rings. The number of hydrogen-bond acceptors (Lipinski definition) is 7. The Labute approximate surface area is 195 Å². The number of alkyl halides is 2. The van der Waals surface area contributed by atoms with Gasteiger partial charge in [-0.2, -0.15) is 8.78 Å². The number of amidine groups is 1. The fourth-order valence-corrected chi connectivity index (χ4v) is 8.09. The summed E-state index contributed by atoms with van der Waals surface area (Å²) in [6, 6.07) is 4.77. The summed E-state index contributed by atoms with van der Waals surface area (Å²) in [5.74, 6) is -1.43. The van der Waals surface area contributed by atoms with Crippen molar-refractivity contribution in [3.63, 3.8) is 0 Å². The Morgan fingerprint density at radius 2 is 2.03 bits per heavy atom. The van der Waals surface area contributed by atoms with Crippen LogP contribution in [0.5, 0.6) is 5.75 Å². The molecule has 2 aliphatic heterocycles. The highest BCUT2D eigenvalue weighted by Crippen LogP contribution is 2.48. The van der Waals surface area contributed by atoms with Gasteiger partial charge in [0.2, 0.25) is 0 Å². The summed E-state index contributed by atoms with van der Waals surface area (Å²) in [5.41, 5.74) is 4.70. The molecule has 0 bridgehead atoms. The molecule has 1 saturated heterocycles. The summed E-state index contributed by atoms with van der Waals surface area (Å²) in [4.78, 5) is 25.2. The number of halogens is 3. The van der Waals surface area contributed by atoms with Gasteiger partial charge in [-0.1, -0.05) is 0 Å². The standard InChI is InChI=1S/C21H25F3N6O3S/c1-20(2)18(25)30-21(3,14-8-9-27-34(14,20)32)16-12(22)5-7-15(28-16)29-17(31)13-6-4-11(10-26-13)33-19(23)24/h4-7,10,14,19,34H,8-9H2,1-3H3,(H2,25,30)(H,27,32)(H,28,29,31)/t14-,21+/m1/s1. The molecular weight excluding hydrogens is 473 g/mol. The number of aliphatic imine (C=N–C) groups is 1. The van der Waals surface area contributed by atoms with Crippen LogP contribution in [0.4, 0.5) is 19.0 Å². The number of ether oxygens (including phenoxy) is 1. The molecule has 4 heterocycles. The van der Waals surface area contributed by atoms with Gasteiger partial charge in [-0.25, -0.2) is 14.4 Å². The van der Waals surface area contributed by atoms with E-state index in [1.54, 1.807) is 20.8 Å². The monoisotopic (exact) mass is 498 g/mol. The fraction of sp³-hybridized carbons (Fsp3) is 0.429. The van der Waals surface area contributed by atoms with E-state index in [1.165, 1.54) is 18.2 Å². The highest BCUT2D eigenvalue weighted by Gasteiger charge is 2.59. The summed E-state index contributed by atoms with van der Waals surface area (Å²) in [7, 11) is -3.12. The van der Waals surface area contributed by atoms with Crippen molar-refractivity contribution < 1.29 is 26.9 Å². The second kappa shape index (κ2) is 8.31. The number of rotatable bonds is 5. The molecule has 184 valence electrons. The lowest BCUT2D eigenvalue weighted by Crippen LogP contribution is -2.64. The van der Waals surface area contributed by atoms with Crippen LogP contribution in [0.2, 0.25) is 0 Å². The van der Waals surface area contributed by atoms with Gasteiger partial charge in [-0.05, 0) is 61.6 Å². The van der Waals surface area contributed by atoms with Gasteiger partial charge in [0.15, 0.2) is 0 Å². The minimum Gasteiger partial charge on any atom is -0.433 e. The third-order valence-electron chi connectivity index (χ3n) is 6.42. The first-order chi connectivity index (χ1) is 15.9. The molecule has 4 N–H and O–H groups in total. The van der Waals surface area contributed by atoms with Crippen molar-refractivity contribution in [2.45, 2.75) is 49.3 Å². The summed E-state index contributed by atoms with van der Waals surface area (Å²) >= 11 is 0. The van der Waals surface area contributed by atoms with Crippen LogP contribution in [0.25, 0.3) is 0 Å². The molecule has 2 aromatic rings. The third-order valence-corrected chi connectivity index (χ3v) is 10.6. The van der Waals surface area contributed by atoms with E-state index in [4.69, 9.17) is 5.73 Å². The number of amides is 1. The first-order valence-corrected chi connectivity index (χ1v) is 12.3. The number of carbonyl (C=O) groups is 1. The molecule has 0 saturated carbocycles. The van der Waals surface area contributed by atoms with E-state index in [2.05, 4.69) is 29.7 Å². The zero-order valence-electron chi connectivity index (χ0n) is 18.7. The molecule has 1 amide bonds. The van der Waals surface area contributed by atoms with Gasteiger partial charge in [-0.15, -0.1) is 0 Å². The molecule has 0 unspecified atom stereocenters. The van der Waals surface area contributed by atoms with E-state index in [9.17, 15) is 17.8 Å². The number of hydrogen-bond donors (Lipinski definition) is 4. The number of nitrogens with two attached hydrogens (primary N) is 1. The van der Waals surface area contributed by atoms with Crippen molar-refractivity contribution in [3.8, 4) is 5.75 Å². The number of carbonyl (C=O) groups excluding carboxylic acids is 1. The summed E-state index contributed by atoms with van der Waals surface area (Å²) < 4.78 is 59.9. The lowest BCUT2D eigenvalue weighted by atomic mass is 9.90. The van der Waals surface area contributed by atoms with Gasteiger partial charge in [0.25, 0.3) is 5.91 Å². The van der Waals surface area contributed by atoms with E-state index in [1.807, 2.05) is 0 Å². The zero-order valence-corrected chi connectivity index (χ0v) is 19.6. The predicted octanol–water partition coefficient (Wildman–Crippen LogP) is 2.13. The van der Waals surface area contributed by atoms with Crippen LogP contribution in [0.3, 0.4) is 0 Å². The molecule has 9 nitrogen and oxygen atoms in total. The average Bonchev–Trinajstić information content (AvgIpc) is 3.18. The molecule has 13 heteroatoms. The topological polar surface area (TPSA) is 132 Å². The van der Waals surface area contributed by atoms with Crippen molar-refractivity contribution >= 4 is 27.7 Å². The summed E-state index contributed by atoms with van der Waals surface area (Å²) in [5, 5.41) is 1.96. The van der Waals surface area contributed by atoms with E-state index in [0.29, 0.717) is 13.0 Å². The Morgan fingerprint density at radius 3 is 2.68 bits per heavy atom. The Hall–Kier alpha value is -3.06. The number of fused-ring (bicyclic) bond motifs is 1.